The minimum atomic E-state index is -0.650. The van der Waals surface area contributed by atoms with E-state index in [1.54, 1.807) is 0 Å². The van der Waals surface area contributed by atoms with Crippen LogP contribution >= 0.6 is 0 Å². The molecule has 0 fully saturated rings. The minimum Gasteiger partial charge on any atom is -0.481 e. The second-order valence-electron chi connectivity index (χ2n) is 16.0. The molecule has 0 aliphatic carbocycles. The molecule has 0 atom stereocenters. The molecule has 0 unspecified atom stereocenters. The monoisotopic (exact) mass is 692 g/mol. The van der Waals surface area contributed by atoms with Crippen molar-refractivity contribution in [3.8, 4) is 0 Å². The number of nitrogens with one attached hydrogen (secondary N) is 1. The summed E-state index contributed by atoms with van der Waals surface area (Å²) in [6, 6.07) is 0. The summed E-state index contributed by atoms with van der Waals surface area (Å²) in [5.41, 5.74) is 0. The molecule has 0 heterocycles. The van der Waals surface area contributed by atoms with Crippen molar-refractivity contribution in [3.05, 3.63) is 0 Å². The summed E-state index contributed by atoms with van der Waals surface area (Å²) in [4.78, 5) is 10.5. The molecule has 3 heteroatoms. The van der Waals surface area contributed by atoms with Gasteiger partial charge in [0.1, 0.15) is 0 Å². The van der Waals surface area contributed by atoms with E-state index < -0.39 is 5.97 Å². The van der Waals surface area contributed by atoms with Crippen LogP contribution in [0.4, 0.5) is 0 Å². The Balaban J connectivity index is 3.05. The van der Waals surface area contributed by atoms with Crippen LogP contribution in [-0.4, -0.2) is 24.2 Å². The second-order valence-corrected chi connectivity index (χ2v) is 16.0. The van der Waals surface area contributed by atoms with Gasteiger partial charge >= 0.3 is 5.97 Å². The number of carbonyl (C=O) groups is 1. The van der Waals surface area contributed by atoms with Crippen LogP contribution in [0.25, 0.3) is 0 Å². The molecule has 2 N–H and O–H groups in total. The van der Waals surface area contributed by atoms with Crippen molar-refractivity contribution in [3.63, 3.8) is 0 Å². The molecule has 0 aliphatic rings. The molecule has 49 heavy (non-hydrogen) atoms. The van der Waals surface area contributed by atoms with Gasteiger partial charge < -0.3 is 10.4 Å². The van der Waals surface area contributed by atoms with E-state index in [9.17, 15) is 4.79 Å². The van der Waals surface area contributed by atoms with E-state index in [1.165, 1.54) is 264 Å². The van der Waals surface area contributed by atoms with Crippen molar-refractivity contribution in [2.75, 3.05) is 13.1 Å². The maximum Gasteiger partial charge on any atom is 0.303 e. The number of carboxylic acid groups (broad SMARTS) is 1. The first-order chi connectivity index (χ1) is 24.3. The molecular formula is C46H93NO2. The number of hydrogen-bond donors (Lipinski definition) is 2. The SMILES string of the molecule is CCCCCCCCCCCCCCCCCCCCCCCCCCCCCCCNCCCCCCCCCCCCCCC(=O)O. The van der Waals surface area contributed by atoms with Crippen LogP contribution in [0.15, 0.2) is 0 Å². The zero-order valence-corrected chi connectivity index (χ0v) is 34.0. The van der Waals surface area contributed by atoms with E-state index in [2.05, 4.69) is 12.2 Å². The first-order valence-electron chi connectivity index (χ1n) is 23.2. The average Bonchev–Trinajstić information content (AvgIpc) is 3.10. The minimum absolute atomic E-state index is 0.343. The van der Waals surface area contributed by atoms with Gasteiger partial charge in [-0.3, -0.25) is 4.79 Å². The molecule has 0 saturated carbocycles. The van der Waals surface area contributed by atoms with Gasteiger partial charge in [-0.2, -0.15) is 0 Å². The van der Waals surface area contributed by atoms with Crippen molar-refractivity contribution < 1.29 is 9.90 Å². The fraction of sp³-hybridized carbons (Fsp3) is 0.978. The number of hydrogen-bond acceptors (Lipinski definition) is 2. The highest BCUT2D eigenvalue weighted by Gasteiger charge is 1.99. The van der Waals surface area contributed by atoms with Crippen LogP contribution in [0.2, 0.25) is 0 Å². The lowest BCUT2D eigenvalue weighted by atomic mass is 10.0. The lowest BCUT2D eigenvalue weighted by Crippen LogP contribution is -2.16. The van der Waals surface area contributed by atoms with Gasteiger partial charge in [-0.15, -0.1) is 0 Å². The molecular weight excluding hydrogens is 599 g/mol. The van der Waals surface area contributed by atoms with E-state index >= 15 is 0 Å². The number of carboxylic acids is 1. The molecule has 0 aromatic rings. The van der Waals surface area contributed by atoms with Crippen LogP contribution in [0.1, 0.15) is 277 Å². The summed E-state index contributed by atoms with van der Waals surface area (Å²) in [7, 11) is 0. The first-order valence-corrected chi connectivity index (χ1v) is 23.2. The van der Waals surface area contributed by atoms with Crippen LogP contribution in [0.5, 0.6) is 0 Å². The Morgan fingerprint density at radius 3 is 0.694 bits per heavy atom. The molecule has 0 rings (SSSR count). The van der Waals surface area contributed by atoms with Crippen molar-refractivity contribution >= 4 is 5.97 Å². The molecule has 0 spiro atoms. The summed E-state index contributed by atoms with van der Waals surface area (Å²) >= 11 is 0. The Morgan fingerprint density at radius 2 is 0.490 bits per heavy atom. The van der Waals surface area contributed by atoms with Gasteiger partial charge in [0.25, 0.3) is 0 Å². The van der Waals surface area contributed by atoms with Crippen LogP contribution in [-0.2, 0) is 4.79 Å². The molecule has 0 saturated heterocycles. The molecule has 0 radical (unpaired) electrons. The van der Waals surface area contributed by atoms with Crippen molar-refractivity contribution in [1.29, 1.82) is 0 Å². The third kappa shape index (κ3) is 47.4. The summed E-state index contributed by atoms with van der Waals surface area (Å²) in [5, 5.41) is 12.3. The highest BCUT2D eigenvalue weighted by atomic mass is 16.4. The number of unbranched alkanes of at least 4 members (excludes halogenated alkanes) is 39. The summed E-state index contributed by atoms with van der Waals surface area (Å²) in [6.45, 7) is 4.73. The van der Waals surface area contributed by atoms with Crippen LogP contribution in [0, 0.1) is 0 Å². The van der Waals surface area contributed by atoms with Crippen LogP contribution < -0.4 is 5.32 Å². The van der Waals surface area contributed by atoms with E-state index in [4.69, 9.17) is 5.11 Å². The standard InChI is InChI=1S/C46H93NO2/c1-2-3-4-5-6-7-8-9-10-11-12-13-14-15-16-17-18-19-20-21-22-23-24-26-29-32-35-38-41-44-47-45-42-39-36-33-30-27-25-28-31-34-37-40-43-46(48)49/h47H,2-45H2,1H3,(H,48,49). The Kier molecular flexibility index (Phi) is 44.9. The first kappa shape index (κ1) is 48.4. The second kappa shape index (κ2) is 45.5. The van der Waals surface area contributed by atoms with E-state index in [-0.39, 0.29) is 0 Å². The highest BCUT2D eigenvalue weighted by Crippen LogP contribution is 2.17. The topological polar surface area (TPSA) is 49.3 Å². The quantitative estimate of drug-likeness (QED) is 0.0625. The summed E-state index contributed by atoms with van der Waals surface area (Å²) < 4.78 is 0. The summed E-state index contributed by atoms with van der Waals surface area (Å²) in [6.07, 6.45) is 58.3. The lowest BCUT2D eigenvalue weighted by Gasteiger charge is -2.06. The Hall–Kier alpha value is -0.570. The van der Waals surface area contributed by atoms with Gasteiger partial charge in [0.05, 0.1) is 0 Å². The van der Waals surface area contributed by atoms with Gasteiger partial charge in [-0.1, -0.05) is 251 Å². The van der Waals surface area contributed by atoms with Gasteiger partial charge in [-0.05, 0) is 32.4 Å². The number of aliphatic carboxylic acids is 1. The van der Waals surface area contributed by atoms with E-state index in [0.29, 0.717) is 6.42 Å². The predicted molar refractivity (Wildman–Crippen MR) is 220 cm³/mol. The van der Waals surface area contributed by atoms with E-state index in [0.717, 1.165) is 12.8 Å². The van der Waals surface area contributed by atoms with Crippen molar-refractivity contribution in [2.24, 2.45) is 0 Å². The van der Waals surface area contributed by atoms with Gasteiger partial charge in [-0.25, -0.2) is 0 Å². The summed E-state index contributed by atoms with van der Waals surface area (Å²) in [5.74, 6) is -0.650. The molecule has 0 aromatic heterocycles. The van der Waals surface area contributed by atoms with Gasteiger partial charge in [0.15, 0.2) is 0 Å². The molecule has 0 aromatic carbocycles. The maximum atomic E-state index is 10.5. The third-order valence-corrected chi connectivity index (χ3v) is 11.0. The fourth-order valence-electron chi connectivity index (χ4n) is 7.52. The largest absolute Gasteiger partial charge is 0.481 e. The Bertz CT molecular complexity index is 594. The molecule has 0 bridgehead atoms. The average molecular weight is 692 g/mol. The Morgan fingerprint density at radius 1 is 0.306 bits per heavy atom. The molecule has 0 aliphatic heterocycles. The lowest BCUT2D eigenvalue weighted by molar-refractivity contribution is -0.137. The van der Waals surface area contributed by atoms with Gasteiger partial charge in [0.2, 0.25) is 0 Å². The van der Waals surface area contributed by atoms with E-state index in [1.807, 2.05) is 0 Å². The van der Waals surface area contributed by atoms with Crippen molar-refractivity contribution in [1.82, 2.24) is 5.32 Å². The third-order valence-electron chi connectivity index (χ3n) is 11.0. The molecule has 0 amide bonds. The highest BCUT2D eigenvalue weighted by molar-refractivity contribution is 5.66. The molecule has 3 nitrogen and oxygen atoms in total. The number of rotatable bonds is 45. The normalized spacial score (nSPS) is 11.5. The predicted octanol–water partition coefficient (Wildman–Crippen LogP) is 16.1. The maximum absolute atomic E-state index is 10.5. The van der Waals surface area contributed by atoms with Crippen LogP contribution in [0.3, 0.4) is 0 Å². The van der Waals surface area contributed by atoms with Gasteiger partial charge in [0, 0.05) is 6.42 Å². The zero-order chi connectivity index (χ0) is 35.4. The zero-order valence-electron chi connectivity index (χ0n) is 34.0. The fourth-order valence-corrected chi connectivity index (χ4v) is 7.52. The van der Waals surface area contributed by atoms with Crippen molar-refractivity contribution in [2.45, 2.75) is 277 Å². The smallest absolute Gasteiger partial charge is 0.303 e. The molecule has 294 valence electrons. The Labute approximate surface area is 310 Å².